The van der Waals surface area contributed by atoms with E-state index in [1.807, 2.05) is 0 Å². The lowest BCUT2D eigenvalue weighted by molar-refractivity contribution is 0.0180. The highest BCUT2D eigenvalue weighted by atomic mass is 16.8. The number of epoxide rings is 1. The maximum absolute atomic E-state index is 5.72. The lowest BCUT2D eigenvalue weighted by Crippen LogP contribution is -2.25. The summed E-state index contributed by atoms with van der Waals surface area (Å²) >= 11 is 0. The fourth-order valence-electron chi connectivity index (χ4n) is 6.41. The van der Waals surface area contributed by atoms with Gasteiger partial charge in [-0.3, -0.25) is 0 Å². The zero-order chi connectivity index (χ0) is 19.2. The molecule has 0 radical (unpaired) electrons. The summed E-state index contributed by atoms with van der Waals surface area (Å²) in [5.41, 5.74) is 0. The highest BCUT2D eigenvalue weighted by molar-refractivity contribution is 4.97. The van der Waals surface area contributed by atoms with Crippen LogP contribution in [0, 0.1) is 35.5 Å². The van der Waals surface area contributed by atoms with Crippen molar-refractivity contribution in [3.05, 3.63) is 12.2 Å². The van der Waals surface area contributed by atoms with Crippen LogP contribution in [-0.2, 0) is 9.47 Å². The number of hydrogen-bond acceptors (Lipinski definition) is 2. The van der Waals surface area contributed by atoms with Crippen LogP contribution in [0.1, 0.15) is 96.8 Å². The molecule has 3 aliphatic carbocycles. The molecule has 4 rings (SSSR count). The lowest BCUT2D eigenvalue weighted by Gasteiger charge is -2.37. The van der Waals surface area contributed by atoms with Crippen molar-refractivity contribution in [3.63, 3.8) is 0 Å². The summed E-state index contributed by atoms with van der Waals surface area (Å²) in [5, 5.41) is 0. The van der Waals surface area contributed by atoms with E-state index in [1.54, 1.807) is 0 Å². The van der Waals surface area contributed by atoms with Gasteiger partial charge in [-0.05, 0) is 99.7 Å². The molecule has 2 heteroatoms. The monoisotopic (exact) mass is 388 g/mol. The average Bonchev–Trinajstić information content (AvgIpc) is 3.57. The van der Waals surface area contributed by atoms with Crippen LogP contribution in [-0.4, -0.2) is 19.5 Å². The second kappa shape index (κ2) is 10.6. The van der Waals surface area contributed by atoms with Crippen LogP contribution in [0.4, 0.5) is 0 Å². The molecule has 1 unspecified atom stereocenters. The Morgan fingerprint density at radius 1 is 0.714 bits per heavy atom. The van der Waals surface area contributed by atoms with Crippen molar-refractivity contribution in [2.75, 3.05) is 13.2 Å². The first-order valence-electron chi connectivity index (χ1n) is 12.7. The number of rotatable bonds is 8. The molecule has 0 bridgehead atoms. The maximum Gasteiger partial charge on any atom is 0.181 e. The first kappa shape index (κ1) is 20.9. The third-order valence-electron chi connectivity index (χ3n) is 8.44. The SMILES string of the molecule is CCCC1CCC(C2CCC(/C=C/C3CCC(COC4CO4)CC3)CC2)CC1. The van der Waals surface area contributed by atoms with Crippen molar-refractivity contribution >= 4 is 0 Å². The quantitative estimate of drug-likeness (QED) is 0.326. The van der Waals surface area contributed by atoms with Gasteiger partial charge >= 0.3 is 0 Å². The molecule has 4 fully saturated rings. The molecular weight excluding hydrogens is 344 g/mol. The Bertz CT molecular complexity index is 459. The molecule has 160 valence electrons. The van der Waals surface area contributed by atoms with Crippen LogP contribution in [0.2, 0.25) is 0 Å². The molecular formula is C26H44O2. The van der Waals surface area contributed by atoms with Crippen LogP contribution in [0.15, 0.2) is 12.2 Å². The summed E-state index contributed by atoms with van der Waals surface area (Å²) < 4.78 is 10.9. The predicted octanol–water partition coefficient (Wildman–Crippen LogP) is 7.13. The molecule has 3 saturated carbocycles. The van der Waals surface area contributed by atoms with Gasteiger partial charge in [0.05, 0.1) is 6.61 Å². The van der Waals surface area contributed by atoms with Gasteiger partial charge in [0, 0.05) is 0 Å². The minimum Gasteiger partial charge on any atom is -0.350 e. The van der Waals surface area contributed by atoms with Gasteiger partial charge in [-0.15, -0.1) is 0 Å². The molecule has 0 aromatic carbocycles. The first-order valence-corrected chi connectivity index (χ1v) is 12.7. The van der Waals surface area contributed by atoms with E-state index in [-0.39, 0.29) is 6.29 Å². The van der Waals surface area contributed by atoms with Gasteiger partial charge in [0.1, 0.15) is 6.61 Å². The topological polar surface area (TPSA) is 21.8 Å². The van der Waals surface area contributed by atoms with Crippen molar-refractivity contribution in [2.24, 2.45) is 35.5 Å². The van der Waals surface area contributed by atoms with Crippen molar-refractivity contribution in [1.82, 2.24) is 0 Å². The maximum atomic E-state index is 5.72. The van der Waals surface area contributed by atoms with Crippen molar-refractivity contribution in [3.8, 4) is 0 Å². The van der Waals surface area contributed by atoms with Crippen LogP contribution in [0.5, 0.6) is 0 Å². The minimum atomic E-state index is 0.138. The normalized spacial score (nSPS) is 42.0. The van der Waals surface area contributed by atoms with Gasteiger partial charge in [-0.2, -0.15) is 0 Å². The van der Waals surface area contributed by atoms with Gasteiger partial charge in [-0.1, -0.05) is 44.8 Å². The summed E-state index contributed by atoms with van der Waals surface area (Å²) in [6.07, 6.45) is 25.7. The fourth-order valence-corrected chi connectivity index (χ4v) is 6.41. The van der Waals surface area contributed by atoms with Crippen LogP contribution in [0.25, 0.3) is 0 Å². The van der Waals surface area contributed by atoms with E-state index in [0.717, 1.165) is 48.7 Å². The van der Waals surface area contributed by atoms with Gasteiger partial charge in [0.15, 0.2) is 6.29 Å². The molecule has 0 aromatic rings. The summed E-state index contributed by atoms with van der Waals surface area (Å²) in [6, 6.07) is 0. The van der Waals surface area contributed by atoms with Crippen LogP contribution < -0.4 is 0 Å². The zero-order valence-corrected chi connectivity index (χ0v) is 18.3. The van der Waals surface area contributed by atoms with Crippen molar-refractivity contribution in [1.29, 1.82) is 0 Å². The molecule has 1 aliphatic heterocycles. The standard InChI is InChI=1S/C26H44O2/c1-2-3-20-10-14-24(15-11-20)25-16-12-22(13-17-25)5-4-21-6-8-23(9-7-21)18-27-26-19-28-26/h4-5,20-26H,2-3,6-19H2,1H3/b5-4+. The third-order valence-corrected chi connectivity index (χ3v) is 8.44. The molecule has 1 atom stereocenters. The molecule has 28 heavy (non-hydrogen) atoms. The van der Waals surface area contributed by atoms with Crippen molar-refractivity contribution in [2.45, 2.75) is 103 Å². The van der Waals surface area contributed by atoms with Gasteiger partial charge in [-0.25, -0.2) is 0 Å². The average molecular weight is 389 g/mol. The summed E-state index contributed by atoms with van der Waals surface area (Å²) in [6.45, 7) is 4.09. The molecule has 1 heterocycles. The predicted molar refractivity (Wildman–Crippen MR) is 116 cm³/mol. The Labute approximate surface area is 173 Å². The number of ether oxygens (including phenoxy) is 2. The molecule has 4 aliphatic rings. The first-order chi connectivity index (χ1) is 13.8. The lowest BCUT2D eigenvalue weighted by atomic mass is 9.68. The van der Waals surface area contributed by atoms with E-state index in [2.05, 4.69) is 19.1 Å². The summed E-state index contributed by atoms with van der Waals surface area (Å²) in [4.78, 5) is 0. The molecule has 2 nitrogen and oxygen atoms in total. The highest BCUT2D eigenvalue weighted by Gasteiger charge is 2.30. The molecule has 1 saturated heterocycles. The smallest absolute Gasteiger partial charge is 0.181 e. The Morgan fingerprint density at radius 2 is 1.21 bits per heavy atom. The second-order valence-corrected chi connectivity index (χ2v) is 10.5. The third kappa shape index (κ3) is 6.33. The molecule has 0 N–H and O–H groups in total. The summed E-state index contributed by atoms with van der Waals surface area (Å²) in [5.74, 6) is 5.66. The van der Waals surface area contributed by atoms with E-state index < -0.39 is 0 Å². The Morgan fingerprint density at radius 3 is 1.75 bits per heavy atom. The van der Waals surface area contributed by atoms with Crippen LogP contribution in [0.3, 0.4) is 0 Å². The molecule has 0 amide bonds. The largest absolute Gasteiger partial charge is 0.350 e. The molecule has 0 aromatic heterocycles. The van der Waals surface area contributed by atoms with E-state index in [4.69, 9.17) is 9.47 Å². The molecule has 0 spiro atoms. The second-order valence-electron chi connectivity index (χ2n) is 10.5. The van der Waals surface area contributed by atoms with E-state index >= 15 is 0 Å². The minimum absolute atomic E-state index is 0.138. The van der Waals surface area contributed by atoms with Crippen molar-refractivity contribution < 1.29 is 9.47 Å². The fraction of sp³-hybridized carbons (Fsp3) is 0.923. The zero-order valence-electron chi connectivity index (χ0n) is 18.3. The number of hydrogen-bond donors (Lipinski definition) is 0. The Kier molecular flexibility index (Phi) is 7.93. The van der Waals surface area contributed by atoms with E-state index in [0.29, 0.717) is 0 Å². The van der Waals surface area contributed by atoms with Gasteiger partial charge in [0.25, 0.3) is 0 Å². The highest BCUT2D eigenvalue weighted by Crippen LogP contribution is 2.42. The Balaban J connectivity index is 1.10. The summed E-state index contributed by atoms with van der Waals surface area (Å²) in [7, 11) is 0. The van der Waals surface area contributed by atoms with E-state index in [9.17, 15) is 0 Å². The van der Waals surface area contributed by atoms with Gasteiger partial charge in [0.2, 0.25) is 0 Å². The van der Waals surface area contributed by atoms with Gasteiger partial charge < -0.3 is 9.47 Å². The van der Waals surface area contributed by atoms with Crippen LogP contribution >= 0.6 is 0 Å². The Hall–Kier alpha value is -0.340. The number of allylic oxidation sites excluding steroid dienone is 2. The van der Waals surface area contributed by atoms with E-state index in [1.165, 1.54) is 89.9 Å².